The number of nitrogen functional groups attached to an aromatic ring is 1. The van der Waals surface area contributed by atoms with E-state index in [1.165, 1.54) is 0 Å². The second-order valence-corrected chi connectivity index (χ2v) is 4.22. The highest BCUT2D eigenvalue weighted by atomic mass is 16.3. The molecule has 0 saturated carbocycles. The van der Waals surface area contributed by atoms with E-state index in [-0.39, 0.29) is 11.7 Å². The molecule has 5 N–H and O–H groups in total. The fraction of sp³-hybridized carbons (Fsp3) is 0.143. The van der Waals surface area contributed by atoms with Crippen molar-refractivity contribution in [3.8, 4) is 5.75 Å². The molecule has 1 heterocycles. The molecule has 2 rings (SSSR count). The molecule has 104 valence electrons. The van der Waals surface area contributed by atoms with Crippen molar-refractivity contribution in [3.05, 3.63) is 53.7 Å². The van der Waals surface area contributed by atoms with Crippen LogP contribution in [0.3, 0.4) is 0 Å². The minimum absolute atomic E-state index is 0.229. The number of hydrogen-bond acceptors (Lipinski definition) is 5. The lowest BCUT2D eigenvalue weighted by molar-refractivity contribution is 0.0954. The number of anilines is 1. The molecule has 0 bridgehead atoms. The Bertz CT molecular complexity index is 584. The van der Waals surface area contributed by atoms with E-state index in [2.05, 4.69) is 15.7 Å². The maximum Gasteiger partial charge on any atom is 0.255 e. The van der Waals surface area contributed by atoms with Crippen LogP contribution in [0.5, 0.6) is 5.75 Å². The van der Waals surface area contributed by atoms with Gasteiger partial charge in [0.1, 0.15) is 5.75 Å². The van der Waals surface area contributed by atoms with E-state index in [0.717, 1.165) is 5.56 Å². The summed E-state index contributed by atoms with van der Waals surface area (Å²) in [6.07, 6.45) is 2.24. The number of phenolic OH excluding ortho intramolecular Hbond substituents is 1. The summed E-state index contributed by atoms with van der Waals surface area (Å²) in [6.45, 7) is 0.489. The largest absolute Gasteiger partial charge is 0.508 e. The molecule has 2 aromatic rings. The highest BCUT2D eigenvalue weighted by molar-refractivity contribution is 5.98. The molecular weight excluding hydrogens is 256 g/mol. The van der Waals surface area contributed by atoms with Gasteiger partial charge in [-0.1, -0.05) is 12.1 Å². The molecule has 0 aliphatic heterocycles. The Morgan fingerprint density at radius 3 is 2.70 bits per heavy atom. The maximum atomic E-state index is 12.0. The first kappa shape index (κ1) is 13.8. The third kappa shape index (κ3) is 3.46. The summed E-state index contributed by atoms with van der Waals surface area (Å²) in [4.78, 5) is 16.0. The van der Waals surface area contributed by atoms with Crippen LogP contribution in [0, 0.1) is 0 Å². The summed E-state index contributed by atoms with van der Waals surface area (Å²) in [5.41, 5.74) is 3.83. The van der Waals surface area contributed by atoms with Gasteiger partial charge in [-0.25, -0.2) is 10.8 Å². The first-order chi connectivity index (χ1) is 9.70. The van der Waals surface area contributed by atoms with Crippen LogP contribution in [0.25, 0.3) is 0 Å². The number of rotatable bonds is 5. The van der Waals surface area contributed by atoms with Gasteiger partial charge in [0.05, 0.1) is 5.56 Å². The van der Waals surface area contributed by atoms with Crippen LogP contribution in [0.1, 0.15) is 15.9 Å². The van der Waals surface area contributed by atoms with Gasteiger partial charge in [0.25, 0.3) is 5.91 Å². The number of aromatic nitrogens is 1. The molecule has 1 aromatic carbocycles. The summed E-state index contributed by atoms with van der Waals surface area (Å²) in [6, 6.07) is 10.2. The van der Waals surface area contributed by atoms with Crippen LogP contribution in [0.4, 0.5) is 5.82 Å². The van der Waals surface area contributed by atoms with Gasteiger partial charge in [-0.3, -0.25) is 4.79 Å². The molecule has 6 heteroatoms. The molecule has 0 aliphatic carbocycles. The van der Waals surface area contributed by atoms with Crippen molar-refractivity contribution < 1.29 is 9.90 Å². The number of pyridine rings is 1. The number of amides is 1. The van der Waals surface area contributed by atoms with Gasteiger partial charge < -0.3 is 15.8 Å². The summed E-state index contributed by atoms with van der Waals surface area (Å²) >= 11 is 0. The summed E-state index contributed by atoms with van der Waals surface area (Å²) in [7, 11) is 0. The van der Waals surface area contributed by atoms with E-state index in [0.29, 0.717) is 24.3 Å². The van der Waals surface area contributed by atoms with Crippen molar-refractivity contribution in [2.75, 3.05) is 12.0 Å². The lowest BCUT2D eigenvalue weighted by Gasteiger charge is -2.08. The molecule has 0 atom stereocenters. The molecule has 0 radical (unpaired) electrons. The lowest BCUT2D eigenvalue weighted by atomic mass is 10.1. The lowest BCUT2D eigenvalue weighted by Crippen LogP contribution is -2.27. The summed E-state index contributed by atoms with van der Waals surface area (Å²) in [5, 5.41) is 12.0. The predicted molar refractivity (Wildman–Crippen MR) is 76.2 cm³/mol. The van der Waals surface area contributed by atoms with Crippen LogP contribution in [-0.2, 0) is 6.42 Å². The number of benzene rings is 1. The third-order valence-electron chi connectivity index (χ3n) is 2.82. The fourth-order valence-corrected chi connectivity index (χ4v) is 1.78. The molecule has 0 unspecified atom stereocenters. The van der Waals surface area contributed by atoms with Gasteiger partial charge in [-0.2, -0.15) is 0 Å². The van der Waals surface area contributed by atoms with E-state index in [9.17, 15) is 9.90 Å². The molecule has 0 fully saturated rings. The molecule has 1 amide bonds. The Balaban J connectivity index is 1.90. The van der Waals surface area contributed by atoms with Crippen LogP contribution in [0.15, 0.2) is 42.6 Å². The summed E-state index contributed by atoms with van der Waals surface area (Å²) in [5.74, 6) is 5.65. The minimum atomic E-state index is -0.232. The number of aromatic hydroxyl groups is 1. The van der Waals surface area contributed by atoms with Crippen molar-refractivity contribution in [2.24, 2.45) is 5.84 Å². The van der Waals surface area contributed by atoms with Crippen LogP contribution < -0.4 is 16.6 Å². The highest BCUT2D eigenvalue weighted by Crippen LogP contribution is 2.11. The van der Waals surface area contributed by atoms with Crippen molar-refractivity contribution in [1.82, 2.24) is 10.3 Å². The topological polar surface area (TPSA) is 100 Å². The Morgan fingerprint density at radius 1 is 1.25 bits per heavy atom. The Morgan fingerprint density at radius 2 is 2.00 bits per heavy atom. The number of carbonyl (C=O) groups is 1. The van der Waals surface area contributed by atoms with Crippen LogP contribution in [0.2, 0.25) is 0 Å². The normalized spacial score (nSPS) is 10.1. The standard InChI is InChI=1S/C14H16N4O2/c15-18-13-12(2-1-8-16-13)14(20)17-9-7-10-3-5-11(19)6-4-10/h1-6,8,19H,7,9,15H2,(H,16,18)(H,17,20). The highest BCUT2D eigenvalue weighted by Gasteiger charge is 2.10. The minimum Gasteiger partial charge on any atom is -0.508 e. The van der Waals surface area contributed by atoms with Crippen molar-refractivity contribution in [2.45, 2.75) is 6.42 Å². The molecule has 1 aromatic heterocycles. The number of hydrazine groups is 1. The zero-order valence-electron chi connectivity index (χ0n) is 10.8. The van der Waals surface area contributed by atoms with Gasteiger partial charge in [0.2, 0.25) is 0 Å². The number of nitrogens with two attached hydrogens (primary N) is 1. The molecule has 0 aliphatic rings. The van der Waals surface area contributed by atoms with E-state index in [1.54, 1.807) is 30.5 Å². The van der Waals surface area contributed by atoms with Gasteiger partial charge in [-0.05, 0) is 36.2 Å². The smallest absolute Gasteiger partial charge is 0.255 e. The van der Waals surface area contributed by atoms with Crippen molar-refractivity contribution in [1.29, 1.82) is 0 Å². The number of phenols is 1. The first-order valence-corrected chi connectivity index (χ1v) is 6.18. The Kier molecular flexibility index (Phi) is 4.52. The van der Waals surface area contributed by atoms with E-state index in [4.69, 9.17) is 5.84 Å². The van der Waals surface area contributed by atoms with E-state index < -0.39 is 0 Å². The van der Waals surface area contributed by atoms with Crippen LogP contribution in [-0.4, -0.2) is 22.5 Å². The molecular formula is C14H16N4O2. The number of hydrogen-bond donors (Lipinski definition) is 4. The monoisotopic (exact) mass is 272 g/mol. The maximum absolute atomic E-state index is 12.0. The second-order valence-electron chi connectivity index (χ2n) is 4.22. The Hall–Kier alpha value is -2.60. The number of nitrogens with one attached hydrogen (secondary N) is 2. The molecule has 0 saturated heterocycles. The number of carbonyl (C=O) groups excluding carboxylic acids is 1. The SMILES string of the molecule is NNc1ncccc1C(=O)NCCc1ccc(O)cc1. The average Bonchev–Trinajstić information content (AvgIpc) is 2.49. The molecule has 0 spiro atoms. The number of nitrogens with zero attached hydrogens (tertiary/aromatic N) is 1. The van der Waals surface area contributed by atoms with Crippen LogP contribution >= 0.6 is 0 Å². The molecule has 6 nitrogen and oxygen atoms in total. The third-order valence-corrected chi connectivity index (χ3v) is 2.82. The van der Waals surface area contributed by atoms with Crippen molar-refractivity contribution >= 4 is 11.7 Å². The zero-order valence-corrected chi connectivity index (χ0v) is 10.8. The van der Waals surface area contributed by atoms with E-state index in [1.807, 2.05) is 12.1 Å². The second kappa shape index (κ2) is 6.53. The predicted octanol–water partition coefficient (Wildman–Crippen LogP) is 1.05. The van der Waals surface area contributed by atoms with Crippen molar-refractivity contribution in [3.63, 3.8) is 0 Å². The van der Waals surface area contributed by atoms with Gasteiger partial charge in [0.15, 0.2) is 5.82 Å². The van der Waals surface area contributed by atoms with Gasteiger partial charge in [-0.15, -0.1) is 0 Å². The quantitative estimate of drug-likeness (QED) is 0.481. The fourth-order valence-electron chi connectivity index (χ4n) is 1.78. The zero-order chi connectivity index (χ0) is 14.4. The average molecular weight is 272 g/mol. The van der Waals surface area contributed by atoms with Gasteiger partial charge in [0, 0.05) is 12.7 Å². The summed E-state index contributed by atoms with van der Waals surface area (Å²) < 4.78 is 0. The molecule has 20 heavy (non-hydrogen) atoms. The van der Waals surface area contributed by atoms with E-state index >= 15 is 0 Å². The first-order valence-electron chi connectivity index (χ1n) is 6.18. The Labute approximate surface area is 116 Å². The van der Waals surface area contributed by atoms with Gasteiger partial charge >= 0.3 is 0 Å².